The highest BCUT2D eigenvalue weighted by Gasteiger charge is 2.34. The van der Waals surface area contributed by atoms with Crippen LogP contribution in [0.15, 0.2) is 77.2 Å². The van der Waals surface area contributed by atoms with Crippen molar-refractivity contribution >= 4 is 15.7 Å². The maximum absolute atomic E-state index is 13.1. The largest absolute Gasteiger partial charge is 0.467 e. The first kappa shape index (κ1) is 21.1. The number of carbonyl (C=O) groups is 1. The molecule has 31 heavy (non-hydrogen) atoms. The highest BCUT2D eigenvalue weighted by molar-refractivity contribution is 7.90. The number of furan rings is 1. The Morgan fingerprint density at radius 1 is 1.19 bits per heavy atom. The number of benzene rings is 1. The van der Waals surface area contributed by atoms with E-state index in [-0.39, 0.29) is 35.8 Å². The van der Waals surface area contributed by atoms with Crippen molar-refractivity contribution in [1.82, 2.24) is 14.5 Å². The zero-order valence-corrected chi connectivity index (χ0v) is 18.0. The van der Waals surface area contributed by atoms with E-state index in [0.717, 1.165) is 12.8 Å². The molecule has 1 aliphatic carbocycles. The Morgan fingerprint density at radius 2 is 1.97 bits per heavy atom. The summed E-state index contributed by atoms with van der Waals surface area (Å²) in [7, 11) is -3.67. The van der Waals surface area contributed by atoms with Gasteiger partial charge in [0.15, 0.2) is 0 Å². The van der Waals surface area contributed by atoms with E-state index in [1.165, 1.54) is 6.20 Å². The molecule has 0 spiro atoms. The Labute approximate surface area is 181 Å². The van der Waals surface area contributed by atoms with Gasteiger partial charge in [-0.1, -0.05) is 36.4 Å². The summed E-state index contributed by atoms with van der Waals surface area (Å²) < 4.78 is 33.2. The maximum atomic E-state index is 13.1. The Hall–Kier alpha value is -3.13. The Bertz CT molecular complexity index is 1150. The lowest BCUT2D eigenvalue weighted by molar-refractivity contribution is -0.134. The van der Waals surface area contributed by atoms with Gasteiger partial charge in [-0.15, -0.1) is 6.58 Å². The van der Waals surface area contributed by atoms with Crippen LogP contribution in [0, 0.1) is 5.92 Å². The first-order valence-electron chi connectivity index (χ1n) is 10.2. The first-order chi connectivity index (χ1) is 15.0. The van der Waals surface area contributed by atoms with E-state index in [1.54, 1.807) is 40.0 Å². The molecule has 1 fully saturated rings. The van der Waals surface area contributed by atoms with Crippen LogP contribution in [0.25, 0.3) is 0 Å². The molecule has 0 atom stereocenters. The van der Waals surface area contributed by atoms with Gasteiger partial charge in [0.05, 0.1) is 37.0 Å². The molecule has 0 radical (unpaired) electrons. The number of sulfone groups is 1. The normalized spacial score (nSPS) is 13.8. The Balaban J connectivity index is 1.62. The number of hydrogen-bond donors (Lipinski definition) is 0. The molecule has 7 nitrogen and oxygen atoms in total. The number of imidazole rings is 1. The van der Waals surface area contributed by atoms with Crippen LogP contribution in [0.5, 0.6) is 0 Å². The molecule has 0 bridgehead atoms. The molecule has 1 aromatic carbocycles. The number of amides is 1. The van der Waals surface area contributed by atoms with E-state index in [2.05, 4.69) is 11.6 Å². The van der Waals surface area contributed by atoms with Gasteiger partial charge in [0.2, 0.25) is 20.9 Å². The molecule has 4 rings (SSSR count). The first-order valence-corrected chi connectivity index (χ1v) is 11.9. The van der Waals surface area contributed by atoms with E-state index in [0.29, 0.717) is 23.6 Å². The van der Waals surface area contributed by atoms with Crippen molar-refractivity contribution in [2.45, 2.75) is 43.4 Å². The Morgan fingerprint density at radius 3 is 2.61 bits per heavy atom. The quantitative estimate of drug-likeness (QED) is 0.451. The van der Waals surface area contributed by atoms with Crippen molar-refractivity contribution in [3.05, 3.63) is 84.6 Å². The van der Waals surface area contributed by atoms with Crippen molar-refractivity contribution in [3.8, 4) is 0 Å². The topological polar surface area (TPSA) is 85.4 Å². The van der Waals surface area contributed by atoms with Gasteiger partial charge in [0.1, 0.15) is 5.76 Å². The molecule has 1 amide bonds. The molecule has 2 aromatic heterocycles. The smallest absolute Gasteiger partial charge is 0.228 e. The van der Waals surface area contributed by atoms with Crippen LogP contribution >= 0.6 is 0 Å². The maximum Gasteiger partial charge on any atom is 0.228 e. The second-order valence-corrected chi connectivity index (χ2v) is 9.61. The van der Waals surface area contributed by atoms with Crippen LogP contribution in [0.1, 0.15) is 29.9 Å². The van der Waals surface area contributed by atoms with Gasteiger partial charge in [-0.05, 0) is 30.5 Å². The second kappa shape index (κ2) is 8.93. The van der Waals surface area contributed by atoms with Gasteiger partial charge in [-0.2, -0.15) is 0 Å². The summed E-state index contributed by atoms with van der Waals surface area (Å²) in [6, 6.07) is 12.6. The number of hydrogen-bond acceptors (Lipinski definition) is 5. The highest BCUT2D eigenvalue weighted by Crippen LogP contribution is 2.32. The van der Waals surface area contributed by atoms with Crippen LogP contribution in [0.4, 0.5) is 0 Å². The van der Waals surface area contributed by atoms with E-state index in [4.69, 9.17) is 4.42 Å². The van der Waals surface area contributed by atoms with E-state index in [1.807, 2.05) is 24.3 Å². The summed E-state index contributed by atoms with van der Waals surface area (Å²) in [6.45, 7) is 4.62. The summed E-state index contributed by atoms with van der Waals surface area (Å²) >= 11 is 0. The van der Waals surface area contributed by atoms with Crippen LogP contribution in [-0.4, -0.2) is 28.8 Å². The van der Waals surface area contributed by atoms with Gasteiger partial charge >= 0.3 is 0 Å². The van der Waals surface area contributed by atoms with Crippen molar-refractivity contribution in [2.24, 2.45) is 5.92 Å². The molecule has 0 aliphatic heterocycles. The fourth-order valence-corrected chi connectivity index (χ4v) is 5.04. The predicted octanol–water partition coefficient (Wildman–Crippen LogP) is 3.57. The molecule has 3 aromatic rings. The van der Waals surface area contributed by atoms with Crippen LogP contribution in [-0.2, 0) is 40.0 Å². The van der Waals surface area contributed by atoms with Crippen molar-refractivity contribution in [1.29, 1.82) is 0 Å². The number of allylic oxidation sites excluding steroid dienone is 1. The third-order valence-corrected chi connectivity index (χ3v) is 6.80. The monoisotopic (exact) mass is 439 g/mol. The SMILES string of the molecule is C=CCn1c(CN(Cc2ccco2)C(=O)C2CC2)cnc1S(=O)(=O)Cc1ccccc1. The minimum atomic E-state index is -3.67. The summed E-state index contributed by atoms with van der Waals surface area (Å²) in [5, 5.41) is -0.0110. The molecular formula is C23H25N3O4S. The number of rotatable bonds is 10. The lowest BCUT2D eigenvalue weighted by Crippen LogP contribution is -2.32. The zero-order chi connectivity index (χ0) is 21.8. The molecule has 162 valence electrons. The molecule has 0 unspecified atom stereocenters. The molecule has 2 heterocycles. The average molecular weight is 440 g/mol. The number of nitrogens with zero attached hydrogens (tertiary/aromatic N) is 3. The minimum Gasteiger partial charge on any atom is -0.467 e. The van der Waals surface area contributed by atoms with Gasteiger partial charge < -0.3 is 13.9 Å². The predicted molar refractivity (Wildman–Crippen MR) is 115 cm³/mol. The van der Waals surface area contributed by atoms with Gasteiger partial charge in [0.25, 0.3) is 0 Å². The van der Waals surface area contributed by atoms with Crippen molar-refractivity contribution < 1.29 is 17.6 Å². The molecule has 1 saturated carbocycles. The van der Waals surface area contributed by atoms with Crippen LogP contribution in [0.2, 0.25) is 0 Å². The van der Waals surface area contributed by atoms with Gasteiger partial charge in [-0.3, -0.25) is 4.79 Å². The van der Waals surface area contributed by atoms with E-state index in [9.17, 15) is 13.2 Å². The second-order valence-electron chi connectivity index (χ2n) is 7.72. The van der Waals surface area contributed by atoms with E-state index >= 15 is 0 Å². The molecule has 1 aliphatic rings. The summed E-state index contributed by atoms with van der Waals surface area (Å²) in [6.07, 6.45) is 6.51. The zero-order valence-electron chi connectivity index (χ0n) is 17.2. The van der Waals surface area contributed by atoms with Crippen molar-refractivity contribution in [2.75, 3.05) is 0 Å². The lowest BCUT2D eigenvalue weighted by Gasteiger charge is -2.22. The summed E-state index contributed by atoms with van der Waals surface area (Å²) in [5.41, 5.74) is 1.34. The fourth-order valence-electron chi connectivity index (χ4n) is 3.54. The highest BCUT2D eigenvalue weighted by atomic mass is 32.2. The molecule has 8 heteroatoms. The van der Waals surface area contributed by atoms with Gasteiger partial charge in [0, 0.05) is 12.5 Å². The van der Waals surface area contributed by atoms with Gasteiger partial charge in [-0.25, -0.2) is 13.4 Å². The standard InChI is InChI=1S/C23H25N3O4S/c1-2-12-26-20(14-24-23(26)31(28,29)17-18-7-4-3-5-8-18)15-25(22(27)19-10-11-19)16-21-9-6-13-30-21/h2-9,13-14,19H,1,10-12,15-17H2. The summed E-state index contributed by atoms with van der Waals surface area (Å²) in [5.74, 6) is 0.627. The number of carbonyl (C=O) groups excluding carboxylic acids is 1. The average Bonchev–Trinajstić information content (AvgIpc) is 3.33. The molecular weight excluding hydrogens is 414 g/mol. The van der Waals surface area contributed by atoms with E-state index < -0.39 is 9.84 Å². The summed E-state index contributed by atoms with van der Waals surface area (Å²) in [4.78, 5) is 18.8. The van der Waals surface area contributed by atoms with Crippen molar-refractivity contribution in [3.63, 3.8) is 0 Å². The molecule has 0 saturated heterocycles. The third-order valence-electron chi connectivity index (χ3n) is 5.21. The Kier molecular flexibility index (Phi) is 6.08. The third kappa shape index (κ3) is 4.96. The minimum absolute atomic E-state index is 0.0110. The fraction of sp³-hybridized carbons (Fsp3) is 0.304. The van der Waals surface area contributed by atoms with Crippen LogP contribution < -0.4 is 0 Å². The van der Waals surface area contributed by atoms with Crippen LogP contribution in [0.3, 0.4) is 0 Å². The molecule has 0 N–H and O–H groups in total. The number of aromatic nitrogens is 2. The lowest BCUT2D eigenvalue weighted by atomic mass is 10.2.